The molecule has 2 aromatic heterocycles. The van der Waals surface area contributed by atoms with E-state index in [-0.39, 0.29) is 5.91 Å². The largest absolute Gasteiger partial charge is 0.416 e. The lowest BCUT2D eigenvalue weighted by Gasteiger charge is -2.22. The third kappa shape index (κ3) is 5.31. The molecule has 0 radical (unpaired) electrons. The molecule has 1 N–H and O–H groups in total. The van der Waals surface area contributed by atoms with Crippen LogP contribution in [0.15, 0.2) is 35.7 Å². The SMILES string of the molecule is CC(Cc1nsc(NC(=O)c2csc(-c3cccc(C(F)(F)F)c3)c2)n1)N1CCCC1. The smallest absolute Gasteiger partial charge is 0.300 e. The summed E-state index contributed by atoms with van der Waals surface area (Å²) < 4.78 is 43.2. The van der Waals surface area contributed by atoms with Gasteiger partial charge in [0.15, 0.2) is 0 Å². The van der Waals surface area contributed by atoms with E-state index in [1.54, 1.807) is 17.5 Å². The minimum Gasteiger partial charge on any atom is -0.300 e. The summed E-state index contributed by atoms with van der Waals surface area (Å²) in [6, 6.07) is 7.03. The van der Waals surface area contributed by atoms with Crippen LogP contribution in [0.5, 0.6) is 0 Å². The molecule has 0 spiro atoms. The van der Waals surface area contributed by atoms with E-state index >= 15 is 0 Å². The molecule has 4 rings (SSSR count). The number of hydrogen-bond donors (Lipinski definition) is 1. The van der Waals surface area contributed by atoms with Crippen LogP contribution < -0.4 is 5.32 Å². The van der Waals surface area contributed by atoms with E-state index in [0.717, 1.165) is 43.2 Å². The summed E-state index contributed by atoms with van der Waals surface area (Å²) in [6.45, 7) is 4.35. The second kappa shape index (κ2) is 9.05. The van der Waals surface area contributed by atoms with Gasteiger partial charge in [0.2, 0.25) is 5.13 Å². The van der Waals surface area contributed by atoms with Gasteiger partial charge in [-0.1, -0.05) is 12.1 Å². The number of nitrogens with zero attached hydrogens (tertiary/aromatic N) is 3. The number of halogens is 3. The molecule has 10 heteroatoms. The van der Waals surface area contributed by atoms with Crippen LogP contribution in [0.2, 0.25) is 0 Å². The number of amides is 1. The number of carbonyl (C=O) groups excluding carboxylic acids is 1. The summed E-state index contributed by atoms with van der Waals surface area (Å²) >= 11 is 2.35. The average Bonchev–Trinajstić information content (AvgIpc) is 3.49. The topological polar surface area (TPSA) is 58.1 Å². The first-order valence-corrected chi connectivity index (χ1v) is 11.6. The highest BCUT2D eigenvalue weighted by atomic mass is 32.1. The molecule has 1 atom stereocenters. The number of rotatable bonds is 6. The first-order chi connectivity index (χ1) is 14.8. The van der Waals surface area contributed by atoms with Gasteiger partial charge in [0.05, 0.1) is 11.1 Å². The Morgan fingerprint density at radius 1 is 1.26 bits per heavy atom. The van der Waals surface area contributed by atoms with Gasteiger partial charge < -0.3 is 4.90 Å². The van der Waals surface area contributed by atoms with Crippen LogP contribution in [-0.4, -0.2) is 39.3 Å². The van der Waals surface area contributed by atoms with E-state index in [2.05, 4.69) is 26.5 Å². The Kier molecular flexibility index (Phi) is 6.40. The van der Waals surface area contributed by atoms with Crippen molar-refractivity contribution in [1.82, 2.24) is 14.3 Å². The fourth-order valence-electron chi connectivity index (χ4n) is 3.59. The zero-order valence-electron chi connectivity index (χ0n) is 16.8. The van der Waals surface area contributed by atoms with Crippen LogP contribution in [0, 0.1) is 0 Å². The fourth-order valence-corrected chi connectivity index (χ4v) is 5.07. The summed E-state index contributed by atoms with van der Waals surface area (Å²) in [4.78, 5) is 20.0. The molecule has 1 fully saturated rings. The van der Waals surface area contributed by atoms with Gasteiger partial charge in [-0.25, -0.2) is 4.98 Å². The maximum atomic E-state index is 13.0. The lowest BCUT2D eigenvalue weighted by atomic mass is 10.1. The number of aromatic nitrogens is 2. The minimum atomic E-state index is -4.41. The Morgan fingerprint density at radius 2 is 2.03 bits per heavy atom. The lowest BCUT2D eigenvalue weighted by Crippen LogP contribution is -2.32. The molecule has 1 unspecified atom stereocenters. The van der Waals surface area contributed by atoms with E-state index in [1.165, 1.54) is 30.2 Å². The number of anilines is 1. The van der Waals surface area contributed by atoms with Crippen LogP contribution in [0.25, 0.3) is 10.4 Å². The molecule has 3 aromatic rings. The van der Waals surface area contributed by atoms with Gasteiger partial charge in [0, 0.05) is 34.3 Å². The number of likely N-dealkylation sites (tertiary alicyclic amines) is 1. The van der Waals surface area contributed by atoms with Crippen LogP contribution >= 0.6 is 22.9 Å². The Balaban J connectivity index is 1.40. The maximum absolute atomic E-state index is 13.0. The molecule has 5 nitrogen and oxygen atoms in total. The van der Waals surface area contributed by atoms with Crippen LogP contribution in [-0.2, 0) is 12.6 Å². The number of benzene rings is 1. The highest BCUT2D eigenvalue weighted by Gasteiger charge is 2.30. The quantitative estimate of drug-likeness (QED) is 0.516. The van der Waals surface area contributed by atoms with Crippen molar-refractivity contribution in [3.63, 3.8) is 0 Å². The number of alkyl halides is 3. The third-order valence-corrected chi connectivity index (χ3v) is 6.91. The molecule has 1 amide bonds. The van der Waals surface area contributed by atoms with Crippen molar-refractivity contribution in [3.05, 3.63) is 52.7 Å². The zero-order chi connectivity index (χ0) is 22.0. The molecule has 0 aliphatic carbocycles. The number of nitrogens with one attached hydrogen (secondary N) is 1. The van der Waals surface area contributed by atoms with Crippen LogP contribution in [0.3, 0.4) is 0 Å². The Hall–Kier alpha value is -2.30. The second-order valence-electron chi connectivity index (χ2n) is 7.54. The van der Waals surface area contributed by atoms with Crippen molar-refractivity contribution < 1.29 is 18.0 Å². The molecular formula is C21H21F3N4OS2. The standard InChI is InChI=1S/C21H21F3N4OS2/c1-13(28-7-2-3-8-28)9-18-25-20(31-27-18)26-19(29)15-11-17(30-12-15)14-5-4-6-16(10-14)21(22,23)24/h4-6,10-13H,2-3,7-9H2,1H3,(H,25,26,27,29). The van der Waals surface area contributed by atoms with Gasteiger partial charge in [0.25, 0.3) is 5.91 Å². The van der Waals surface area contributed by atoms with E-state index in [1.807, 2.05) is 0 Å². The van der Waals surface area contributed by atoms with E-state index in [9.17, 15) is 18.0 Å². The Labute approximate surface area is 186 Å². The van der Waals surface area contributed by atoms with E-state index in [0.29, 0.717) is 33.0 Å². The van der Waals surface area contributed by atoms with Crippen LogP contribution in [0.4, 0.5) is 18.3 Å². The highest BCUT2D eigenvalue weighted by molar-refractivity contribution is 7.14. The van der Waals surface area contributed by atoms with Crippen molar-refractivity contribution in [2.75, 3.05) is 18.4 Å². The van der Waals surface area contributed by atoms with Crippen molar-refractivity contribution in [2.24, 2.45) is 0 Å². The van der Waals surface area contributed by atoms with Gasteiger partial charge >= 0.3 is 6.18 Å². The predicted molar refractivity (Wildman–Crippen MR) is 117 cm³/mol. The summed E-state index contributed by atoms with van der Waals surface area (Å²) in [5.41, 5.74) is 0.0847. The normalized spacial score (nSPS) is 15.9. The molecular weight excluding hydrogens is 445 g/mol. The first kappa shape index (κ1) is 21.9. The number of thiophene rings is 1. The molecule has 1 aromatic carbocycles. The molecule has 0 saturated carbocycles. The molecule has 31 heavy (non-hydrogen) atoms. The Morgan fingerprint density at radius 3 is 2.77 bits per heavy atom. The van der Waals surface area contributed by atoms with Gasteiger partial charge in [-0.15, -0.1) is 11.3 Å². The van der Waals surface area contributed by atoms with Gasteiger partial charge in [0.1, 0.15) is 5.82 Å². The molecule has 164 valence electrons. The zero-order valence-corrected chi connectivity index (χ0v) is 18.4. The molecule has 1 saturated heterocycles. The minimum absolute atomic E-state index is 0.354. The summed E-state index contributed by atoms with van der Waals surface area (Å²) in [5, 5.41) is 4.79. The third-order valence-electron chi connectivity index (χ3n) is 5.27. The molecule has 0 bridgehead atoms. The van der Waals surface area contributed by atoms with Gasteiger partial charge in [-0.05, 0) is 56.6 Å². The maximum Gasteiger partial charge on any atom is 0.416 e. The number of hydrogen-bond acceptors (Lipinski definition) is 6. The van der Waals surface area contributed by atoms with E-state index < -0.39 is 11.7 Å². The monoisotopic (exact) mass is 466 g/mol. The number of carbonyl (C=O) groups is 1. The highest BCUT2D eigenvalue weighted by Crippen LogP contribution is 2.34. The first-order valence-electron chi connectivity index (χ1n) is 9.94. The van der Waals surface area contributed by atoms with Crippen molar-refractivity contribution >= 4 is 33.9 Å². The Bertz CT molecular complexity index is 1060. The second-order valence-corrected chi connectivity index (χ2v) is 9.21. The summed E-state index contributed by atoms with van der Waals surface area (Å²) in [5.74, 6) is 0.347. The predicted octanol–water partition coefficient (Wildman–Crippen LogP) is 5.56. The summed E-state index contributed by atoms with van der Waals surface area (Å²) in [6.07, 6.45) is -1.24. The van der Waals surface area contributed by atoms with Crippen LogP contribution in [0.1, 0.15) is 41.5 Å². The van der Waals surface area contributed by atoms with E-state index in [4.69, 9.17) is 0 Å². The fraction of sp³-hybridized carbons (Fsp3) is 0.381. The van der Waals surface area contributed by atoms with Gasteiger partial charge in [-0.3, -0.25) is 10.1 Å². The summed E-state index contributed by atoms with van der Waals surface area (Å²) in [7, 11) is 0. The van der Waals surface area contributed by atoms with Crippen molar-refractivity contribution in [1.29, 1.82) is 0 Å². The molecule has 1 aliphatic heterocycles. The molecule has 1 aliphatic rings. The van der Waals surface area contributed by atoms with Gasteiger partial charge in [-0.2, -0.15) is 17.5 Å². The lowest BCUT2D eigenvalue weighted by molar-refractivity contribution is -0.137. The van der Waals surface area contributed by atoms with Crippen molar-refractivity contribution in [3.8, 4) is 10.4 Å². The molecule has 3 heterocycles. The van der Waals surface area contributed by atoms with Crippen molar-refractivity contribution in [2.45, 2.75) is 38.4 Å². The average molecular weight is 467 g/mol.